The molecule has 2 heterocycles. The number of rotatable bonds is 9. The summed E-state index contributed by atoms with van der Waals surface area (Å²) in [5.74, 6) is -0.132. The van der Waals surface area contributed by atoms with Crippen molar-refractivity contribution >= 4 is 29.1 Å². The van der Waals surface area contributed by atoms with Crippen LogP contribution in [0.1, 0.15) is 22.7 Å². The maximum atomic E-state index is 12.9. The molecule has 0 bridgehead atoms. The van der Waals surface area contributed by atoms with Gasteiger partial charge in [-0.1, -0.05) is 35.3 Å². The summed E-state index contributed by atoms with van der Waals surface area (Å²) in [6.07, 6.45) is 8.52. The van der Waals surface area contributed by atoms with E-state index in [-0.39, 0.29) is 5.91 Å². The fourth-order valence-electron chi connectivity index (χ4n) is 2.97. The van der Waals surface area contributed by atoms with Gasteiger partial charge in [0.25, 0.3) is 0 Å². The van der Waals surface area contributed by atoms with Gasteiger partial charge >= 0.3 is 0 Å². The standard InChI is InChI=1S/C22H22Cl2N4O/c23-18-3-4-19(20(24)14-18)21(27-12-7-16-5-10-25-11-6-16)22(29)28-13-8-17-2-1-9-26-15-17/h1-6,9-11,14-15,21,27H,7-8,12-13H2,(H,28,29). The van der Waals surface area contributed by atoms with Crippen LogP contribution >= 0.6 is 23.2 Å². The summed E-state index contributed by atoms with van der Waals surface area (Å²) in [5.41, 5.74) is 2.91. The Morgan fingerprint density at radius 1 is 0.931 bits per heavy atom. The minimum Gasteiger partial charge on any atom is -0.354 e. The summed E-state index contributed by atoms with van der Waals surface area (Å²) in [7, 11) is 0. The van der Waals surface area contributed by atoms with Crippen LogP contribution in [0.5, 0.6) is 0 Å². The van der Waals surface area contributed by atoms with E-state index in [0.717, 1.165) is 17.5 Å². The highest BCUT2D eigenvalue weighted by Gasteiger charge is 2.22. The predicted molar refractivity (Wildman–Crippen MR) is 116 cm³/mol. The zero-order valence-electron chi connectivity index (χ0n) is 15.8. The van der Waals surface area contributed by atoms with Gasteiger partial charge in [-0.15, -0.1) is 0 Å². The molecule has 2 N–H and O–H groups in total. The Balaban J connectivity index is 1.65. The van der Waals surface area contributed by atoms with E-state index in [2.05, 4.69) is 20.6 Å². The van der Waals surface area contributed by atoms with Crippen LogP contribution in [0.15, 0.2) is 67.3 Å². The van der Waals surface area contributed by atoms with Gasteiger partial charge in [0.2, 0.25) is 5.91 Å². The van der Waals surface area contributed by atoms with Gasteiger partial charge < -0.3 is 10.6 Å². The van der Waals surface area contributed by atoms with E-state index in [9.17, 15) is 4.79 Å². The Labute approximate surface area is 180 Å². The highest BCUT2D eigenvalue weighted by atomic mass is 35.5. The second-order valence-corrected chi connectivity index (χ2v) is 7.40. The van der Waals surface area contributed by atoms with Crippen molar-refractivity contribution in [2.24, 2.45) is 0 Å². The third-order valence-electron chi connectivity index (χ3n) is 4.48. The molecule has 3 rings (SSSR count). The second-order valence-electron chi connectivity index (χ2n) is 6.56. The van der Waals surface area contributed by atoms with Gasteiger partial charge in [0.1, 0.15) is 6.04 Å². The molecular formula is C22H22Cl2N4O. The average Bonchev–Trinajstić information content (AvgIpc) is 2.73. The lowest BCUT2D eigenvalue weighted by Gasteiger charge is -2.20. The number of aromatic nitrogens is 2. The number of carbonyl (C=O) groups is 1. The molecule has 0 radical (unpaired) electrons. The lowest BCUT2D eigenvalue weighted by Crippen LogP contribution is -2.39. The number of nitrogens with zero attached hydrogens (tertiary/aromatic N) is 2. The van der Waals surface area contributed by atoms with Crippen molar-refractivity contribution in [1.82, 2.24) is 20.6 Å². The van der Waals surface area contributed by atoms with Gasteiger partial charge in [0.15, 0.2) is 0 Å². The topological polar surface area (TPSA) is 66.9 Å². The molecule has 0 saturated carbocycles. The van der Waals surface area contributed by atoms with Crippen molar-refractivity contribution in [3.63, 3.8) is 0 Å². The molecule has 0 aliphatic carbocycles. The Morgan fingerprint density at radius 2 is 1.72 bits per heavy atom. The largest absolute Gasteiger partial charge is 0.354 e. The van der Waals surface area contributed by atoms with E-state index in [4.69, 9.17) is 23.2 Å². The molecule has 1 unspecified atom stereocenters. The summed E-state index contributed by atoms with van der Waals surface area (Å²) >= 11 is 12.4. The molecule has 0 aliphatic rings. The quantitative estimate of drug-likeness (QED) is 0.539. The highest BCUT2D eigenvalue weighted by molar-refractivity contribution is 6.35. The second kappa shape index (κ2) is 10.9. The first kappa shape index (κ1) is 21.2. The molecule has 2 aromatic heterocycles. The minimum absolute atomic E-state index is 0.132. The van der Waals surface area contributed by atoms with E-state index < -0.39 is 6.04 Å². The summed E-state index contributed by atoms with van der Waals surface area (Å²) in [4.78, 5) is 21.0. The van der Waals surface area contributed by atoms with Gasteiger partial charge in [0.05, 0.1) is 0 Å². The number of carbonyl (C=O) groups excluding carboxylic acids is 1. The third-order valence-corrected chi connectivity index (χ3v) is 5.05. The first-order valence-electron chi connectivity index (χ1n) is 9.37. The van der Waals surface area contributed by atoms with Crippen molar-refractivity contribution in [2.45, 2.75) is 18.9 Å². The van der Waals surface area contributed by atoms with Crippen molar-refractivity contribution < 1.29 is 4.79 Å². The lowest BCUT2D eigenvalue weighted by molar-refractivity contribution is -0.123. The highest BCUT2D eigenvalue weighted by Crippen LogP contribution is 2.26. The first-order chi connectivity index (χ1) is 14.1. The first-order valence-corrected chi connectivity index (χ1v) is 10.1. The Morgan fingerprint density at radius 3 is 2.45 bits per heavy atom. The fourth-order valence-corrected chi connectivity index (χ4v) is 3.49. The SMILES string of the molecule is O=C(NCCc1cccnc1)C(NCCc1ccncc1)c1ccc(Cl)cc1Cl. The van der Waals surface area contributed by atoms with Gasteiger partial charge in [-0.05, 0) is 59.9 Å². The maximum Gasteiger partial charge on any atom is 0.241 e. The Bertz CT molecular complexity index is 923. The molecule has 5 nitrogen and oxygen atoms in total. The number of amides is 1. The number of benzene rings is 1. The summed E-state index contributed by atoms with van der Waals surface area (Å²) < 4.78 is 0. The number of hydrogen-bond acceptors (Lipinski definition) is 4. The van der Waals surface area contributed by atoms with E-state index in [1.165, 1.54) is 0 Å². The molecule has 29 heavy (non-hydrogen) atoms. The van der Waals surface area contributed by atoms with E-state index in [1.807, 2.05) is 24.3 Å². The number of nitrogens with one attached hydrogen (secondary N) is 2. The van der Waals surface area contributed by atoms with Crippen LogP contribution < -0.4 is 10.6 Å². The average molecular weight is 429 g/mol. The Hall–Kier alpha value is -2.47. The van der Waals surface area contributed by atoms with E-state index >= 15 is 0 Å². The number of pyridine rings is 2. The summed E-state index contributed by atoms with van der Waals surface area (Å²) in [6, 6.07) is 12.4. The van der Waals surface area contributed by atoms with Crippen LogP contribution in [-0.2, 0) is 17.6 Å². The fraction of sp³-hybridized carbons (Fsp3) is 0.227. The zero-order chi connectivity index (χ0) is 20.5. The van der Waals surface area contributed by atoms with Crippen LogP contribution in [0.4, 0.5) is 0 Å². The van der Waals surface area contributed by atoms with Gasteiger partial charge in [0, 0.05) is 47.9 Å². The van der Waals surface area contributed by atoms with Crippen molar-refractivity contribution in [1.29, 1.82) is 0 Å². The number of halogens is 2. The lowest BCUT2D eigenvalue weighted by atomic mass is 10.0. The van der Waals surface area contributed by atoms with Crippen molar-refractivity contribution in [3.8, 4) is 0 Å². The molecule has 150 valence electrons. The van der Waals surface area contributed by atoms with Crippen LogP contribution in [-0.4, -0.2) is 29.0 Å². The van der Waals surface area contributed by atoms with E-state index in [0.29, 0.717) is 35.1 Å². The molecule has 1 atom stereocenters. The van der Waals surface area contributed by atoms with Crippen LogP contribution in [0.25, 0.3) is 0 Å². The normalized spacial score (nSPS) is 11.8. The molecule has 0 spiro atoms. The molecule has 1 aromatic carbocycles. The summed E-state index contributed by atoms with van der Waals surface area (Å²) in [5, 5.41) is 7.30. The smallest absolute Gasteiger partial charge is 0.241 e. The monoisotopic (exact) mass is 428 g/mol. The summed E-state index contributed by atoms with van der Waals surface area (Å²) in [6.45, 7) is 1.13. The van der Waals surface area contributed by atoms with Crippen LogP contribution in [0.3, 0.4) is 0 Å². The van der Waals surface area contributed by atoms with E-state index in [1.54, 1.807) is 43.0 Å². The van der Waals surface area contributed by atoms with Gasteiger partial charge in [-0.25, -0.2) is 0 Å². The molecule has 0 aliphatic heterocycles. The minimum atomic E-state index is -0.574. The molecule has 7 heteroatoms. The van der Waals surface area contributed by atoms with Gasteiger partial charge in [-0.2, -0.15) is 0 Å². The van der Waals surface area contributed by atoms with Crippen LogP contribution in [0.2, 0.25) is 10.0 Å². The Kier molecular flexibility index (Phi) is 7.99. The molecular weight excluding hydrogens is 407 g/mol. The molecule has 0 saturated heterocycles. The third kappa shape index (κ3) is 6.53. The van der Waals surface area contributed by atoms with Gasteiger partial charge in [-0.3, -0.25) is 14.8 Å². The number of hydrogen-bond donors (Lipinski definition) is 2. The molecule has 3 aromatic rings. The maximum absolute atomic E-state index is 12.9. The predicted octanol–water partition coefficient (Wildman–Crippen LogP) is 4.02. The van der Waals surface area contributed by atoms with Crippen molar-refractivity contribution in [3.05, 3.63) is 94.0 Å². The van der Waals surface area contributed by atoms with Crippen molar-refractivity contribution in [2.75, 3.05) is 13.1 Å². The molecule has 1 amide bonds. The van der Waals surface area contributed by atoms with Crippen LogP contribution in [0, 0.1) is 0 Å². The molecule has 0 fully saturated rings. The zero-order valence-corrected chi connectivity index (χ0v) is 17.3.